The molecule has 0 heterocycles. The molecule has 0 radical (unpaired) electrons. The first-order valence-electron chi connectivity index (χ1n) is 6.28. The average molecular weight is 335 g/mol. The van der Waals surface area contributed by atoms with E-state index in [4.69, 9.17) is 19.6 Å². The van der Waals surface area contributed by atoms with E-state index in [1.54, 1.807) is 6.26 Å². The summed E-state index contributed by atoms with van der Waals surface area (Å²) >= 11 is 0. The lowest BCUT2D eigenvalue weighted by atomic mass is 10.2. The molecule has 0 aliphatic carbocycles. The van der Waals surface area contributed by atoms with Crippen LogP contribution in [0.1, 0.15) is 39.0 Å². The predicted molar refractivity (Wildman–Crippen MR) is 79.7 cm³/mol. The van der Waals surface area contributed by atoms with Gasteiger partial charge in [-0.15, -0.1) is 0 Å². The minimum Gasteiger partial charge on any atom is -0.324 e. The Labute approximate surface area is 117 Å². The molecule has 19 heavy (non-hydrogen) atoms. The molecule has 4 N–H and O–H groups in total. The second-order valence-corrected chi connectivity index (χ2v) is 11.0. The van der Waals surface area contributed by atoms with Gasteiger partial charge in [0.1, 0.15) is 11.5 Å². The van der Waals surface area contributed by atoms with E-state index in [-0.39, 0.29) is 16.6 Å². The van der Waals surface area contributed by atoms with Gasteiger partial charge in [-0.25, -0.2) is 0 Å². The van der Waals surface area contributed by atoms with Crippen LogP contribution in [-0.2, 0) is 20.0 Å². The SMILES string of the molecule is CCCCCCC[S+](C)CC(P(=O)(O)O)P(=O)(O)O. The Balaban J connectivity index is 4.23. The van der Waals surface area contributed by atoms with E-state index in [1.165, 1.54) is 6.42 Å². The molecule has 116 valence electrons. The van der Waals surface area contributed by atoms with Crippen molar-refractivity contribution in [2.45, 2.75) is 44.4 Å². The van der Waals surface area contributed by atoms with E-state index in [1.807, 2.05) is 0 Å². The van der Waals surface area contributed by atoms with Gasteiger partial charge in [0.15, 0.2) is 0 Å². The summed E-state index contributed by atoms with van der Waals surface area (Å²) in [6, 6.07) is 0. The zero-order valence-corrected chi connectivity index (χ0v) is 14.0. The third-order valence-corrected chi connectivity index (χ3v) is 8.91. The number of hydrogen-bond acceptors (Lipinski definition) is 2. The van der Waals surface area contributed by atoms with Crippen LogP contribution < -0.4 is 0 Å². The van der Waals surface area contributed by atoms with Crippen molar-refractivity contribution in [2.75, 3.05) is 17.8 Å². The number of hydrogen-bond donors (Lipinski definition) is 4. The molecule has 0 saturated heterocycles. The van der Waals surface area contributed by atoms with E-state index in [0.29, 0.717) is 0 Å². The molecule has 0 spiro atoms. The summed E-state index contributed by atoms with van der Waals surface area (Å²) in [4.78, 5) is 36.1. The van der Waals surface area contributed by atoms with Crippen LogP contribution in [0.2, 0.25) is 0 Å². The molecule has 0 amide bonds. The van der Waals surface area contributed by atoms with Gasteiger partial charge < -0.3 is 19.6 Å². The summed E-state index contributed by atoms with van der Waals surface area (Å²) in [6.07, 6.45) is 7.25. The quantitative estimate of drug-likeness (QED) is 0.275. The van der Waals surface area contributed by atoms with Crippen LogP contribution in [0.3, 0.4) is 0 Å². The van der Waals surface area contributed by atoms with E-state index >= 15 is 0 Å². The topological polar surface area (TPSA) is 115 Å². The molecule has 0 bridgehead atoms. The van der Waals surface area contributed by atoms with Gasteiger partial charge >= 0.3 is 15.2 Å². The van der Waals surface area contributed by atoms with Crippen LogP contribution in [0.25, 0.3) is 0 Å². The highest BCUT2D eigenvalue weighted by molar-refractivity contribution is 7.97. The smallest absolute Gasteiger partial charge is 0.324 e. The minimum absolute atomic E-state index is 0.109. The highest BCUT2D eigenvalue weighted by atomic mass is 32.2. The summed E-state index contributed by atoms with van der Waals surface area (Å²) in [7, 11) is -9.90. The van der Waals surface area contributed by atoms with Crippen LogP contribution in [0, 0.1) is 0 Å². The molecule has 6 nitrogen and oxygen atoms in total. The van der Waals surface area contributed by atoms with E-state index in [2.05, 4.69) is 6.92 Å². The Morgan fingerprint density at radius 2 is 1.42 bits per heavy atom. The van der Waals surface area contributed by atoms with Crippen LogP contribution in [0.15, 0.2) is 0 Å². The molecule has 9 heteroatoms. The van der Waals surface area contributed by atoms with Gasteiger partial charge in [-0.1, -0.05) is 26.2 Å². The fraction of sp³-hybridized carbons (Fsp3) is 1.00. The molecular weight excluding hydrogens is 310 g/mol. The molecule has 0 saturated carbocycles. The van der Waals surface area contributed by atoms with Crippen LogP contribution >= 0.6 is 15.2 Å². The molecular formula is C10H25O6P2S+. The second-order valence-electron chi connectivity index (χ2n) is 4.73. The van der Waals surface area contributed by atoms with Crippen molar-refractivity contribution in [2.24, 2.45) is 0 Å². The van der Waals surface area contributed by atoms with Crippen molar-refractivity contribution in [3.05, 3.63) is 0 Å². The van der Waals surface area contributed by atoms with Crippen LogP contribution in [-0.4, -0.2) is 42.7 Å². The van der Waals surface area contributed by atoms with Crippen molar-refractivity contribution in [3.63, 3.8) is 0 Å². The standard InChI is InChI=1S/C10H24O6P2S/c1-3-4-5-6-7-8-19(2)9-10(17(11,12)13)18(14,15)16/h10H,3-9H2,1-2H3,(H3-,11,12,13,14,15,16)/p+1. The van der Waals surface area contributed by atoms with Gasteiger partial charge in [-0.3, -0.25) is 9.13 Å². The maximum absolute atomic E-state index is 11.1. The normalized spacial score (nSPS) is 14.9. The average Bonchev–Trinajstić information content (AvgIpc) is 2.22. The van der Waals surface area contributed by atoms with Gasteiger partial charge in [-0.05, 0) is 23.7 Å². The second kappa shape index (κ2) is 8.83. The lowest BCUT2D eigenvalue weighted by Crippen LogP contribution is -2.23. The van der Waals surface area contributed by atoms with Gasteiger partial charge in [0.2, 0.25) is 5.40 Å². The van der Waals surface area contributed by atoms with E-state index in [0.717, 1.165) is 31.4 Å². The predicted octanol–water partition coefficient (Wildman–Crippen LogP) is 1.89. The number of unbranched alkanes of at least 4 members (excludes halogenated alkanes) is 4. The maximum atomic E-state index is 11.1. The molecule has 0 aromatic heterocycles. The number of rotatable bonds is 10. The Kier molecular flexibility index (Phi) is 9.13. The van der Waals surface area contributed by atoms with Crippen molar-refractivity contribution in [1.29, 1.82) is 0 Å². The molecule has 0 aliphatic heterocycles. The molecule has 0 fully saturated rings. The van der Waals surface area contributed by atoms with Crippen molar-refractivity contribution >= 4 is 26.1 Å². The first-order valence-corrected chi connectivity index (χ1v) is 11.6. The summed E-state index contributed by atoms with van der Waals surface area (Å²) in [5, 5.41) is -1.84. The Morgan fingerprint density at radius 3 is 1.84 bits per heavy atom. The Bertz CT molecular complexity index is 317. The summed E-state index contributed by atoms with van der Waals surface area (Å²) in [5.74, 6) is 0.655. The zero-order chi connectivity index (χ0) is 15.1. The summed E-state index contributed by atoms with van der Waals surface area (Å²) in [5.41, 5.74) is 0. The van der Waals surface area contributed by atoms with Crippen molar-refractivity contribution in [3.8, 4) is 0 Å². The first-order chi connectivity index (χ1) is 8.59. The molecule has 0 aromatic carbocycles. The fourth-order valence-corrected chi connectivity index (χ4v) is 7.70. The summed E-state index contributed by atoms with van der Waals surface area (Å²) < 4.78 is 22.3. The molecule has 0 aliphatic rings. The van der Waals surface area contributed by atoms with Gasteiger partial charge in [-0.2, -0.15) is 0 Å². The third-order valence-electron chi connectivity index (χ3n) is 2.81. The third kappa shape index (κ3) is 9.24. The van der Waals surface area contributed by atoms with Crippen molar-refractivity contribution in [1.82, 2.24) is 0 Å². The largest absolute Gasteiger partial charge is 0.345 e. The lowest BCUT2D eigenvalue weighted by molar-refractivity contribution is 0.342. The molecule has 0 aromatic rings. The molecule has 0 rings (SSSR count). The Hall–Kier alpha value is 0.650. The lowest BCUT2D eigenvalue weighted by Gasteiger charge is -2.18. The Morgan fingerprint density at radius 1 is 0.947 bits per heavy atom. The first kappa shape index (κ1) is 19.7. The highest BCUT2D eigenvalue weighted by Gasteiger charge is 2.47. The minimum atomic E-state index is -4.76. The highest BCUT2D eigenvalue weighted by Crippen LogP contribution is 2.60. The van der Waals surface area contributed by atoms with Gasteiger partial charge in [0, 0.05) is 0 Å². The fourth-order valence-electron chi connectivity index (χ4n) is 1.68. The van der Waals surface area contributed by atoms with Crippen molar-refractivity contribution < 1.29 is 28.7 Å². The maximum Gasteiger partial charge on any atom is 0.345 e. The van der Waals surface area contributed by atoms with Crippen LogP contribution in [0.5, 0.6) is 0 Å². The monoisotopic (exact) mass is 335 g/mol. The van der Waals surface area contributed by atoms with Crippen LogP contribution in [0.4, 0.5) is 0 Å². The van der Waals surface area contributed by atoms with E-state index < -0.39 is 20.6 Å². The summed E-state index contributed by atoms with van der Waals surface area (Å²) in [6.45, 7) is 2.12. The van der Waals surface area contributed by atoms with E-state index in [9.17, 15) is 9.13 Å². The molecule has 1 atom stereocenters. The zero-order valence-electron chi connectivity index (χ0n) is 11.4. The van der Waals surface area contributed by atoms with Gasteiger partial charge in [0.25, 0.3) is 0 Å². The van der Waals surface area contributed by atoms with Gasteiger partial charge in [0.05, 0.1) is 6.26 Å². The molecule has 1 unspecified atom stereocenters.